The van der Waals surface area contributed by atoms with Crippen molar-refractivity contribution >= 4 is 29.1 Å². The molecule has 2 heterocycles. The van der Waals surface area contributed by atoms with Gasteiger partial charge in [-0.3, -0.25) is 9.59 Å². The first-order valence-corrected chi connectivity index (χ1v) is 12.8. The highest BCUT2D eigenvalue weighted by Crippen LogP contribution is 2.57. The minimum Gasteiger partial charge on any atom is -0.394 e. The molecule has 1 fully saturated rings. The van der Waals surface area contributed by atoms with E-state index >= 15 is 4.39 Å². The number of carbonyl (C=O) groups excluding carboxylic acids is 2. The Labute approximate surface area is 223 Å². The van der Waals surface area contributed by atoms with Crippen LogP contribution in [0.15, 0.2) is 30.3 Å². The molecule has 0 unspecified atom stereocenters. The number of nitrogens with one attached hydrogen (secondary N) is 3. The Morgan fingerprint density at radius 1 is 1.18 bits per heavy atom. The third-order valence-electron chi connectivity index (χ3n) is 7.26. The molecular formula is C27H31ClF3N3O4. The second-order valence-corrected chi connectivity index (χ2v) is 11.6. The second-order valence-electron chi connectivity index (χ2n) is 11.2. The van der Waals surface area contributed by atoms with Crippen LogP contribution in [0.5, 0.6) is 0 Å². The zero-order valence-corrected chi connectivity index (χ0v) is 22.0. The van der Waals surface area contributed by atoms with Crippen molar-refractivity contribution in [3.05, 3.63) is 63.9 Å². The van der Waals surface area contributed by atoms with Gasteiger partial charge in [-0.1, -0.05) is 32.4 Å². The number of amides is 2. The highest BCUT2D eigenvalue weighted by Gasteiger charge is 2.66. The molecule has 0 aromatic heterocycles. The lowest BCUT2D eigenvalue weighted by Gasteiger charge is -2.37. The summed E-state index contributed by atoms with van der Waals surface area (Å²) in [6.07, 6.45) is -0.675. The molecule has 0 saturated carbocycles. The van der Waals surface area contributed by atoms with Crippen LogP contribution in [-0.4, -0.2) is 53.4 Å². The quantitative estimate of drug-likeness (QED) is 0.361. The van der Waals surface area contributed by atoms with Crippen molar-refractivity contribution < 1.29 is 33.0 Å². The van der Waals surface area contributed by atoms with Crippen LogP contribution in [0.3, 0.4) is 0 Å². The fourth-order valence-corrected chi connectivity index (χ4v) is 5.88. The summed E-state index contributed by atoms with van der Waals surface area (Å²) in [7, 11) is 0. The smallest absolute Gasteiger partial charge is 0.237 e. The van der Waals surface area contributed by atoms with Crippen molar-refractivity contribution in [2.75, 3.05) is 18.5 Å². The third-order valence-corrected chi connectivity index (χ3v) is 7.55. The van der Waals surface area contributed by atoms with Gasteiger partial charge in [0.2, 0.25) is 11.8 Å². The molecule has 2 amide bonds. The lowest BCUT2D eigenvalue weighted by molar-refractivity contribution is -0.124. The second kappa shape index (κ2) is 10.5. The Morgan fingerprint density at radius 2 is 1.89 bits per heavy atom. The molecule has 206 valence electrons. The molecule has 11 heteroatoms. The molecule has 2 aromatic rings. The van der Waals surface area contributed by atoms with Crippen LogP contribution in [0.1, 0.15) is 50.7 Å². The molecule has 2 aliphatic rings. The Bertz CT molecular complexity index is 1250. The minimum absolute atomic E-state index is 0.0128. The molecule has 4 rings (SSSR count). The Hall–Kier alpha value is -2.66. The number of halogens is 4. The number of benzene rings is 2. The highest BCUT2D eigenvalue weighted by atomic mass is 35.5. The fraction of sp³-hybridized carbons (Fsp3) is 0.481. The maximum Gasteiger partial charge on any atom is 0.237 e. The number of rotatable bonds is 7. The summed E-state index contributed by atoms with van der Waals surface area (Å²) in [5.74, 6) is -4.85. The maximum absolute atomic E-state index is 15.4. The molecule has 2 aliphatic heterocycles. The van der Waals surface area contributed by atoms with Gasteiger partial charge < -0.3 is 26.2 Å². The summed E-state index contributed by atoms with van der Waals surface area (Å²) in [6.45, 7) is 5.29. The van der Waals surface area contributed by atoms with E-state index in [1.54, 1.807) is 0 Å². The first kappa shape index (κ1) is 28.4. The lowest BCUT2D eigenvalue weighted by Crippen LogP contribution is -2.49. The van der Waals surface area contributed by atoms with Gasteiger partial charge in [0, 0.05) is 24.2 Å². The molecule has 7 nitrogen and oxygen atoms in total. The van der Waals surface area contributed by atoms with Gasteiger partial charge in [-0.25, -0.2) is 13.2 Å². The minimum atomic E-state index is -1.69. The van der Waals surface area contributed by atoms with E-state index < -0.39 is 65.4 Å². The van der Waals surface area contributed by atoms with Gasteiger partial charge >= 0.3 is 0 Å². The first-order valence-electron chi connectivity index (χ1n) is 12.4. The maximum atomic E-state index is 15.4. The number of aliphatic hydroxyl groups is 2. The van der Waals surface area contributed by atoms with Gasteiger partial charge in [0.25, 0.3) is 0 Å². The standard InChI is InChI=1S/C27H31ClF3N3O4/c1-26(2,3)11-21-27(16-9-19(31)17(28)10-20(16)33-25(27)38)22(15-8-13(29)4-5-18(15)30)23(34-21)24(37)32-7-6-14(36)12-35/h4-5,8-10,14,21-23,34-36H,6-7,11-12H2,1-3H3,(H,32,37)(H,33,38)/t14-,21-,22+,23-,27+/m1/s1. The van der Waals surface area contributed by atoms with Crippen molar-refractivity contribution in [2.45, 2.75) is 63.1 Å². The topological polar surface area (TPSA) is 111 Å². The SMILES string of the molecule is CC(C)(C)C[C@H]1N[C@@H](C(=O)NCC[C@@H](O)CO)[C@H](c2cc(F)ccc2F)[C@@]12C(=O)Nc1cc(Cl)c(F)cc12. The lowest BCUT2D eigenvalue weighted by atomic mass is 9.62. The molecule has 0 radical (unpaired) electrons. The monoisotopic (exact) mass is 553 g/mol. The fourth-order valence-electron chi connectivity index (χ4n) is 5.72. The zero-order chi connectivity index (χ0) is 28.0. The average molecular weight is 554 g/mol. The van der Waals surface area contributed by atoms with Crippen molar-refractivity contribution in [1.29, 1.82) is 0 Å². The number of aliphatic hydroxyl groups excluding tert-OH is 2. The van der Waals surface area contributed by atoms with E-state index in [1.807, 2.05) is 20.8 Å². The van der Waals surface area contributed by atoms with Crippen LogP contribution in [0.25, 0.3) is 0 Å². The average Bonchev–Trinajstić information content (AvgIpc) is 3.30. The number of anilines is 1. The summed E-state index contributed by atoms with van der Waals surface area (Å²) in [5.41, 5.74) is -1.85. The van der Waals surface area contributed by atoms with Gasteiger partial charge in [0.1, 0.15) is 22.9 Å². The molecule has 38 heavy (non-hydrogen) atoms. The van der Waals surface area contributed by atoms with Crippen molar-refractivity contribution in [2.24, 2.45) is 5.41 Å². The molecule has 0 bridgehead atoms. The van der Waals surface area contributed by atoms with E-state index in [4.69, 9.17) is 16.7 Å². The molecule has 1 saturated heterocycles. The largest absolute Gasteiger partial charge is 0.394 e. The van der Waals surface area contributed by atoms with E-state index in [9.17, 15) is 23.5 Å². The van der Waals surface area contributed by atoms with Crippen molar-refractivity contribution in [3.63, 3.8) is 0 Å². The number of fused-ring (bicyclic) bond motifs is 2. The van der Waals surface area contributed by atoms with Gasteiger partial charge in [-0.15, -0.1) is 0 Å². The summed E-state index contributed by atoms with van der Waals surface area (Å²) in [5, 5.41) is 27.1. The molecule has 5 N–H and O–H groups in total. The van der Waals surface area contributed by atoms with Crippen LogP contribution in [0, 0.1) is 22.9 Å². The van der Waals surface area contributed by atoms with Gasteiger partial charge in [0.05, 0.1) is 23.8 Å². The molecular weight excluding hydrogens is 523 g/mol. The van der Waals surface area contributed by atoms with Crippen LogP contribution in [0.2, 0.25) is 5.02 Å². The third kappa shape index (κ3) is 5.02. The Morgan fingerprint density at radius 3 is 2.55 bits per heavy atom. The zero-order valence-electron chi connectivity index (χ0n) is 21.2. The summed E-state index contributed by atoms with van der Waals surface area (Å²) in [6, 6.07) is 3.21. The first-order chi connectivity index (χ1) is 17.8. The number of carbonyl (C=O) groups is 2. The summed E-state index contributed by atoms with van der Waals surface area (Å²) in [4.78, 5) is 27.5. The van der Waals surface area contributed by atoms with Crippen LogP contribution < -0.4 is 16.0 Å². The van der Waals surface area contributed by atoms with E-state index in [2.05, 4.69) is 16.0 Å². The number of hydrogen-bond acceptors (Lipinski definition) is 5. The van der Waals surface area contributed by atoms with Gasteiger partial charge in [-0.2, -0.15) is 0 Å². The Balaban J connectivity index is 1.92. The van der Waals surface area contributed by atoms with Gasteiger partial charge in [0.15, 0.2) is 0 Å². The predicted molar refractivity (Wildman–Crippen MR) is 136 cm³/mol. The van der Waals surface area contributed by atoms with Crippen LogP contribution in [-0.2, 0) is 15.0 Å². The van der Waals surface area contributed by atoms with E-state index in [1.165, 1.54) is 6.07 Å². The molecule has 1 spiro atoms. The summed E-state index contributed by atoms with van der Waals surface area (Å²) < 4.78 is 44.7. The normalized spacial score (nSPS) is 25.4. The van der Waals surface area contributed by atoms with Crippen LogP contribution in [0.4, 0.5) is 18.9 Å². The molecule has 2 aromatic carbocycles. The van der Waals surface area contributed by atoms with E-state index in [-0.39, 0.29) is 40.2 Å². The van der Waals surface area contributed by atoms with Crippen molar-refractivity contribution in [1.82, 2.24) is 10.6 Å². The van der Waals surface area contributed by atoms with E-state index in [0.29, 0.717) is 6.42 Å². The van der Waals surface area contributed by atoms with Gasteiger partial charge in [-0.05, 0) is 59.7 Å². The molecule has 0 aliphatic carbocycles. The molecule has 5 atom stereocenters. The van der Waals surface area contributed by atoms with Crippen molar-refractivity contribution in [3.8, 4) is 0 Å². The predicted octanol–water partition coefficient (Wildman–Crippen LogP) is 3.37. The van der Waals surface area contributed by atoms with E-state index in [0.717, 1.165) is 24.3 Å². The highest BCUT2D eigenvalue weighted by molar-refractivity contribution is 6.31. The van der Waals surface area contributed by atoms with Crippen LogP contribution >= 0.6 is 11.6 Å². The number of hydrogen-bond donors (Lipinski definition) is 5. The Kier molecular flexibility index (Phi) is 7.82. The summed E-state index contributed by atoms with van der Waals surface area (Å²) >= 11 is 6.00.